The highest BCUT2D eigenvalue weighted by atomic mass is 19.2. The summed E-state index contributed by atoms with van der Waals surface area (Å²) < 4.78 is 28.5. The van der Waals surface area contributed by atoms with Crippen LogP contribution in [0.1, 0.15) is 21.6 Å². The van der Waals surface area contributed by atoms with E-state index in [1.807, 2.05) is 24.3 Å². The number of nitrogen functional groups attached to an aromatic ring is 1. The van der Waals surface area contributed by atoms with Crippen molar-refractivity contribution in [3.63, 3.8) is 0 Å². The number of hydrogen-bond donors (Lipinski definition) is 3. The standard InChI is InChI=1S/C24H22F2N6O2/c1-32-9-7-20(31-32)24(34)30-21(12-14-3-5-18(25)19(26)11-14)23(33)29-13-15-2-4-17-16(10-15)6-8-28-22(17)27/h2-11,21H,12-13H2,1H3,(H2,27,28)(H,29,33)(H,30,34)/t21-/m0/s1. The van der Waals surface area contributed by atoms with E-state index >= 15 is 0 Å². The Morgan fingerprint density at radius 1 is 1.06 bits per heavy atom. The smallest absolute Gasteiger partial charge is 0.272 e. The number of aryl methyl sites for hydroxylation is 1. The third kappa shape index (κ3) is 5.17. The molecule has 0 radical (unpaired) electrons. The van der Waals surface area contributed by atoms with Crippen molar-refractivity contribution in [3.8, 4) is 0 Å². The lowest BCUT2D eigenvalue weighted by atomic mass is 10.0. The number of anilines is 1. The van der Waals surface area contributed by atoms with Crippen LogP contribution in [0.25, 0.3) is 10.8 Å². The molecule has 2 aromatic carbocycles. The first-order valence-corrected chi connectivity index (χ1v) is 10.5. The number of rotatable bonds is 7. The zero-order valence-corrected chi connectivity index (χ0v) is 18.3. The summed E-state index contributed by atoms with van der Waals surface area (Å²) >= 11 is 0. The summed E-state index contributed by atoms with van der Waals surface area (Å²) in [4.78, 5) is 29.7. The Morgan fingerprint density at radius 3 is 2.59 bits per heavy atom. The molecule has 0 fully saturated rings. The van der Waals surface area contributed by atoms with Gasteiger partial charge in [-0.05, 0) is 46.8 Å². The molecule has 174 valence electrons. The number of nitrogens with two attached hydrogens (primary N) is 1. The minimum Gasteiger partial charge on any atom is -0.383 e. The van der Waals surface area contributed by atoms with Crippen molar-refractivity contribution in [3.05, 3.63) is 89.4 Å². The maximum Gasteiger partial charge on any atom is 0.272 e. The SMILES string of the molecule is Cn1ccc(C(=O)N[C@@H](Cc2ccc(F)c(F)c2)C(=O)NCc2ccc3c(N)nccc3c2)n1. The average molecular weight is 464 g/mol. The van der Waals surface area contributed by atoms with Crippen LogP contribution in [0.4, 0.5) is 14.6 Å². The highest BCUT2D eigenvalue weighted by molar-refractivity contribution is 5.96. The van der Waals surface area contributed by atoms with Crippen molar-refractivity contribution in [2.75, 3.05) is 5.73 Å². The van der Waals surface area contributed by atoms with Crippen LogP contribution in [0.5, 0.6) is 0 Å². The van der Waals surface area contributed by atoms with Crippen molar-refractivity contribution in [2.45, 2.75) is 19.0 Å². The molecule has 0 saturated heterocycles. The molecule has 34 heavy (non-hydrogen) atoms. The molecule has 10 heteroatoms. The summed E-state index contributed by atoms with van der Waals surface area (Å²) in [5.41, 5.74) is 7.18. The van der Waals surface area contributed by atoms with Gasteiger partial charge in [0.05, 0.1) is 0 Å². The number of nitrogens with zero attached hydrogens (tertiary/aromatic N) is 3. The molecule has 4 rings (SSSR count). The van der Waals surface area contributed by atoms with E-state index in [2.05, 4.69) is 20.7 Å². The number of amides is 2. The molecule has 0 aliphatic heterocycles. The van der Waals surface area contributed by atoms with Crippen LogP contribution < -0.4 is 16.4 Å². The van der Waals surface area contributed by atoms with Crippen molar-refractivity contribution >= 4 is 28.4 Å². The lowest BCUT2D eigenvalue weighted by molar-refractivity contribution is -0.123. The molecule has 8 nitrogen and oxygen atoms in total. The van der Waals surface area contributed by atoms with Crippen LogP contribution in [0.3, 0.4) is 0 Å². The van der Waals surface area contributed by atoms with Gasteiger partial charge in [-0.25, -0.2) is 13.8 Å². The van der Waals surface area contributed by atoms with E-state index < -0.39 is 29.5 Å². The van der Waals surface area contributed by atoms with E-state index in [9.17, 15) is 18.4 Å². The highest BCUT2D eigenvalue weighted by Gasteiger charge is 2.23. The summed E-state index contributed by atoms with van der Waals surface area (Å²) in [6.07, 6.45) is 3.16. The minimum atomic E-state index is -1.04. The molecule has 0 spiro atoms. The van der Waals surface area contributed by atoms with Gasteiger partial charge in [0, 0.05) is 37.8 Å². The molecule has 2 amide bonds. The van der Waals surface area contributed by atoms with Crippen LogP contribution in [0, 0.1) is 11.6 Å². The van der Waals surface area contributed by atoms with Gasteiger partial charge in [-0.1, -0.05) is 18.2 Å². The summed E-state index contributed by atoms with van der Waals surface area (Å²) in [6.45, 7) is 0.185. The van der Waals surface area contributed by atoms with Gasteiger partial charge < -0.3 is 16.4 Å². The Labute approximate surface area is 193 Å². The number of nitrogens with one attached hydrogen (secondary N) is 2. The van der Waals surface area contributed by atoms with Gasteiger partial charge in [-0.2, -0.15) is 5.10 Å². The van der Waals surface area contributed by atoms with Crippen molar-refractivity contribution < 1.29 is 18.4 Å². The second-order valence-electron chi connectivity index (χ2n) is 7.82. The lowest BCUT2D eigenvalue weighted by Gasteiger charge is -2.18. The van der Waals surface area contributed by atoms with Crippen LogP contribution in [0.15, 0.2) is 60.9 Å². The Hall–Kier alpha value is -4.34. The van der Waals surface area contributed by atoms with E-state index in [0.717, 1.165) is 28.5 Å². The molecule has 2 heterocycles. The minimum absolute atomic E-state index is 0.0401. The predicted octanol–water partition coefficient (Wildman–Crippen LogP) is 2.49. The number of fused-ring (bicyclic) bond motifs is 1. The zero-order chi connectivity index (χ0) is 24.2. The first-order chi connectivity index (χ1) is 16.3. The van der Waals surface area contributed by atoms with Gasteiger partial charge in [-0.3, -0.25) is 14.3 Å². The average Bonchev–Trinajstić information content (AvgIpc) is 3.26. The number of carbonyl (C=O) groups excluding carboxylic acids is 2. The second kappa shape index (κ2) is 9.65. The van der Waals surface area contributed by atoms with Crippen molar-refractivity contribution in [2.24, 2.45) is 7.05 Å². The number of benzene rings is 2. The van der Waals surface area contributed by atoms with Crippen LogP contribution in [0.2, 0.25) is 0 Å². The first-order valence-electron chi connectivity index (χ1n) is 10.5. The topological polar surface area (TPSA) is 115 Å². The number of aromatic nitrogens is 3. The van der Waals surface area contributed by atoms with E-state index in [0.29, 0.717) is 11.4 Å². The quantitative estimate of drug-likeness (QED) is 0.389. The van der Waals surface area contributed by atoms with E-state index in [1.54, 1.807) is 19.4 Å². The molecule has 0 bridgehead atoms. The van der Waals surface area contributed by atoms with E-state index in [1.165, 1.54) is 16.8 Å². The zero-order valence-electron chi connectivity index (χ0n) is 18.3. The van der Waals surface area contributed by atoms with Gasteiger partial charge >= 0.3 is 0 Å². The highest BCUT2D eigenvalue weighted by Crippen LogP contribution is 2.20. The summed E-state index contributed by atoms with van der Waals surface area (Å²) in [5.74, 6) is -2.65. The molecule has 4 N–H and O–H groups in total. The third-order valence-electron chi connectivity index (χ3n) is 5.32. The van der Waals surface area contributed by atoms with Gasteiger partial charge in [-0.15, -0.1) is 0 Å². The van der Waals surface area contributed by atoms with Crippen LogP contribution >= 0.6 is 0 Å². The van der Waals surface area contributed by atoms with Gasteiger partial charge in [0.1, 0.15) is 17.6 Å². The molecular formula is C24H22F2N6O2. The molecule has 2 aromatic heterocycles. The van der Waals surface area contributed by atoms with Crippen LogP contribution in [-0.4, -0.2) is 32.6 Å². The molecular weight excluding hydrogens is 442 g/mol. The Morgan fingerprint density at radius 2 is 1.85 bits per heavy atom. The Balaban J connectivity index is 1.51. The molecule has 1 atom stereocenters. The molecule has 0 unspecified atom stereocenters. The monoisotopic (exact) mass is 464 g/mol. The van der Waals surface area contributed by atoms with E-state index in [-0.39, 0.29) is 18.7 Å². The van der Waals surface area contributed by atoms with Gasteiger partial charge in [0.2, 0.25) is 5.91 Å². The summed E-state index contributed by atoms with van der Waals surface area (Å²) in [5, 5.41) is 11.1. The second-order valence-corrected chi connectivity index (χ2v) is 7.82. The van der Waals surface area contributed by atoms with Gasteiger partial charge in [0.25, 0.3) is 5.91 Å². The fourth-order valence-electron chi connectivity index (χ4n) is 3.55. The Kier molecular flexibility index (Phi) is 6.48. The van der Waals surface area contributed by atoms with Crippen molar-refractivity contribution in [1.29, 1.82) is 0 Å². The molecule has 4 aromatic rings. The third-order valence-corrected chi connectivity index (χ3v) is 5.32. The van der Waals surface area contributed by atoms with Gasteiger partial charge in [0.15, 0.2) is 11.6 Å². The fourth-order valence-corrected chi connectivity index (χ4v) is 3.55. The fraction of sp³-hybridized carbons (Fsp3) is 0.167. The largest absolute Gasteiger partial charge is 0.383 e. The van der Waals surface area contributed by atoms with Crippen LogP contribution in [-0.2, 0) is 24.8 Å². The number of hydrogen-bond acceptors (Lipinski definition) is 5. The summed E-state index contributed by atoms with van der Waals surface area (Å²) in [6, 6.07) is 11.2. The molecule has 0 aliphatic carbocycles. The predicted molar refractivity (Wildman–Crippen MR) is 123 cm³/mol. The molecule has 0 aliphatic rings. The van der Waals surface area contributed by atoms with E-state index in [4.69, 9.17) is 5.73 Å². The first kappa shape index (κ1) is 22.8. The molecule has 0 saturated carbocycles. The summed E-state index contributed by atoms with van der Waals surface area (Å²) in [7, 11) is 1.66. The number of carbonyl (C=O) groups is 2. The normalized spacial score (nSPS) is 11.9. The number of halogens is 2. The maximum atomic E-state index is 13.7. The van der Waals surface area contributed by atoms with Crippen molar-refractivity contribution in [1.82, 2.24) is 25.4 Å². The number of pyridine rings is 1. The lowest BCUT2D eigenvalue weighted by Crippen LogP contribution is -2.48. The maximum absolute atomic E-state index is 13.7. The Bertz CT molecular complexity index is 1370.